The van der Waals surface area contributed by atoms with E-state index in [1.165, 1.54) is 24.3 Å². The van der Waals surface area contributed by atoms with Crippen LogP contribution in [0.2, 0.25) is 0 Å². The van der Waals surface area contributed by atoms with Crippen LogP contribution in [-0.4, -0.2) is 52.1 Å². The quantitative estimate of drug-likeness (QED) is 0.101. The Morgan fingerprint density at radius 1 is 1.00 bits per heavy atom. The first-order chi connectivity index (χ1) is 18.2. The van der Waals surface area contributed by atoms with Gasteiger partial charge in [-0.15, -0.1) is 0 Å². The van der Waals surface area contributed by atoms with Gasteiger partial charge in [-0.1, -0.05) is 6.07 Å². The summed E-state index contributed by atoms with van der Waals surface area (Å²) in [6.07, 6.45) is 0. The monoisotopic (exact) mass is 552 g/mol. The first-order valence-electron chi connectivity index (χ1n) is 11.6. The number of hydrogen-bond donors (Lipinski definition) is 7. The fourth-order valence-electron chi connectivity index (χ4n) is 4.64. The van der Waals surface area contributed by atoms with E-state index >= 15 is 0 Å². The van der Waals surface area contributed by atoms with Crippen LogP contribution in [0.3, 0.4) is 0 Å². The molecule has 12 heteroatoms. The summed E-state index contributed by atoms with van der Waals surface area (Å²) in [4.78, 5) is 24.5. The molecule has 0 unspecified atom stereocenters. The van der Waals surface area contributed by atoms with Gasteiger partial charge in [-0.25, -0.2) is 4.79 Å². The number of ether oxygens (including phenoxy) is 2. The summed E-state index contributed by atoms with van der Waals surface area (Å²) in [7, 11) is 0. The number of hydrogen-bond acceptors (Lipinski definition) is 9. The van der Waals surface area contributed by atoms with Crippen LogP contribution >= 0.6 is 24.8 Å². The van der Waals surface area contributed by atoms with Crippen LogP contribution < -0.4 is 26.4 Å². The second-order valence-electron chi connectivity index (χ2n) is 8.77. The molecule has 0 aromatic heterocycles. The number of carbonyl (C=O) groups is 2. The number of carbonyl (C=O) groups excluding carboxylic acids is 2. The van der Waals surface area contributed by atoms with Crippen LogP contribution in [0.4, 0.5) is 5.69 Å². The number of rotatable bonds is 7. The smallest absolute Gasteiger partial charge is 0.340 e. The third-order valence-corrected chi connectivity index (χ3v) is 6.97. The minimum absolute atomic E-state index is 0.0152. The fourth-order valence-corrected chi connectivity index (χ4v) is 5.16. The molecule has 0 saturated carbocycles. The fraction of sp³-hybridized carbons (Fsp3) is 0.192. The van der Waals surface area contributed by atoms with Crippen LogP contribution in [0.25, 0.3) is 0 Å². The Morgan fingerprint density at radius 3 is 2.24 bits per heavy atom. The molecule has 5 rings (SSSR count). The predicted molar refractivity (Wildman–Crippen MR) is 147 cm³/mol. The number of primary amides is 1. The summed E-state index contributed by atoms with van der Waals surface area (Å²) >= 11 is 9.45. The van der Waals surface area contributed by atoms with Gasteiger partial charge in [0.2, 0.25) is 5.91 Å². The summed E-state index contributed by atoms with van der Waals surface area (Å²) in [5, 5.41) is 29.5. The van der Waals surface area contributed by atoms with Gasteiger partial charge in [-0.3, -0.25) is 4.79 Å². The molecule has 2 aliphatic rings. The van der Waals surface area contributed by atoms with Crippen LogP contribution in [0.1, 0.15) is 27.0 Å². The van der Waals surface area contributed by atoms with E-state index in [0.29, 0.717) is 57.6 Å². The number of phenolic OH excluding ortho intramolecular Hbond substituents is 2. The van der Waals surface area contributed by atoms with Gasteiger partial charge in [0.25, 0.3) is 0 Å². The molecule has 3 aromatic carbocycles. The van der Waals surface area contributed by atoms with Crippen molar-refractivity contribution in [2.75, 3.05) is 24.2 Å². The molecule has 1 amide bonds. The van der Waals surface area contributed by atoms with Crippen LogP contribution in [0.5, 0.6) is 23.0 Å². The van der Waals surface area contributed by atoms with Gasteiger partial charge in [0, 0.05) is 53.4 Å². The largest absolute Gasteiger partial charge is 0.508 e. The number of anilines is 1. The Labute approximate surface area is 228 Å². The molecule has 196 valence electrons. The van der Waals surface area contributed by atoms with Gasteiger partial charge in [0.1, 0.15) is 23.0 Å². The van der Waals surface area contributed by atoms with Crippen molar-refractivity contribution in [3.63, 3.8) is 0 Å². The average Bonchev–Trinajstić information content (AvgIpc) is 3.15. The number of phenols is 2. The van der Waals surface area contributed by atoms with E-state index in [0.717, 1.165) is 0 Å². The Hall–Kier alpha value is -4.00. The maximum atomic E-state index is 13.2. The Bertz CT molecular complexity index is 1410. The number of nitrogens with two attached hydrogens (primary N) is 1. The Balaban J connectivity index is 1.41. The maximum absolute atomic E-state index is 13.2. The molecule has 2 heterocycles. The van der Waals surface area contributed by atoms with E-state index < -0.39 is 23.5 Å². The maximum Gasteiger partial charge on any atom is 0.340 e. The topological polar surface area (TPSA) is 155 Å². The number of nitrogens with one attached hydrogen (secondary N) is 3. The normalized spacial score (nSPS) is 14.9. The molecule has 3 aromatic rings. The molecule has 0 aliphatic carbocycles. The van der Waals surface area contributed by atoms with Gasteiger partial charge in [0.15, 0.2) is 10.7 Å². The summed E-state index contributed by atoms with van der Waals surface area (Å²) in [6.45, 7) is 0.855. The van der Waals surface area contributed by atoms with E-state index in [2.05, 4.69) is 28.6 Å². The number of thiocarbonyl (C=S) groups is 1. The van der Waals surface area contributed by atoms with Crippen molar-refractivity contribution in [3.8, 4) is 23.0 Å². The summed E-state index contributed by atoms with van der Waals surface area (Å²) in [5.74, 6) is -0.156. The number of aromatic hydroxyl groups is 2. The van der Waals surface area contributed by atoms with Crippen LogP contribution in [-0.2, 0) is 15.1 Å². The zero-order valence-electron chi connectivity index (χ0n) is 19.9. The van der Waals surface area contributed by atoms with Crippen molar-refractivity contribution in [2.24, 2.45) is 5.73 Å². The molecule has 0 saturated heterocycles. The lowest BCUT2D eigenvalue weighted by Crippen LogP contribution is -2.46. The van der Waals surface area contributed by atoms with Crippen molar-refractivity contribution in [3.05, 3.63) is 76.9 Å². The minimum Gasteiger partial charge on any atom is -0.508 e. The molecule has 0 bridgehead atoms. The molecular formula is C26H24N4O6S2. The Kier molecular flexibility index (Phi) is 6.78. The summed E-state index contributed by atoms with van der Waals surface area (Å²) < 4.78 is 12.0. The molecular weight excluding hydrogens is 528 g/mol. The van der Waals surface area contributed by atoms with Crippen molar-refractivity contribution in [1.29, 1.82) is 0 Å². The van der Waals surface area contributed by atoms with Crippen molar-refractivity contribution in [2.45, 2.75) is 11.6 Å². The summed E-state index contributed by atoms with van der Waals surface area (Å²) in [5.41, 5.74) is 6.53. The van der Waals surface area contributed by atoms with E-state index in [1.807, 2.05) is 0 Å². The minimum atomic E-state index is -1.33. The molecule has 10 nitrogen and oxygen atoms in total. The first-order valence-corrected chi connectivity index (χ1v) is 12.7. The first kappa shape index (κ1) is 25.6. The van der Waals surface area contributed by atoms with E-state index in [9.17, 15) is 19.8 Å². The van der Waals surface area contributed by atoms with E-state index in [-0.39, 0.29) is 17.3 Å². The third kappa shape index (κ3) is 4.46. The van der Waals surface area contributed by atoms with Crippen molar-refractivity contribution >= 4 is 47.5 Å². The molecule has 0 radical (unpaired) electrons. The molecule has 38 heavy (non-hydrogen) atoms. The van der Waals surface area contributed by atoms with Gasteiger partial charge < -0.3 is 41.4 Å². The number of thiol groups is 1. The second kappa shape index (κ2) is 10.0. The van der Waals surface area contributed by atoms with Crippen molar-refractivity contribution in [1.82, 2.24) is 10.6 Å². The highest BCUT2D eigenvalue weighted by Crippen LogP contribution is 2.57. The lowest BCUT2D eigenvalue weighted by Gasteiger charge is -2.36. The average molecular weight is 553 g/mol. The summed E-state index contributed by atoms with van der Waals surface area (Å²) in [6, 6.07) is 13.8. The lowest BCUT2D eigenvalue weighted by atomic mass is 9.77. The van der Waals surface area contributed by atoms with Gasteiger partial charge in [-0.2, -0.15) is 12.6 Å². The molecule has 0 fully saturated rings. The third-order valence-electron chi connectivity index (χ3n) is 6.36. The standard InChI is InChI=1S/C26H24N4O6S2/c27-23(33)20(12-37)28-7-8-29-25(38)30-13-1-4-17-16(9-13)24(34)36-26(17)18-5-2-14(31)10-21(18)35-22-11-15(32)3-6-19(22)26/h1-6,9-11,20,28,31-32,37H,7-8,12H2,(H2,27,33)(H2,29,30,38)/t20-/m0/s1. The Morgan fingerprint density at radius 2 is 1.63 bits per heavy atom. The highest BCUT2D eigenvalue weighted by Gasteiger charge is 2.53. The van der Waals surface area contributed by atoms with Crippen LogP contribution in [0.15, 0.2) is 54.6 Å². The van der Waals surface area contributed by atoms with E-state index in [1.54, 1.807) is 30.3 Å². The highest BCUT2D eigenvalue weighted by molar-refractivity contribution is 7.80. The molecule has 1 spiro atoms. The van der Waals surface area contributed by atoms with Gasteiger partial charge in [-0.05, 0) is 48.6 Å². The van der Waals surface area contributed by atoms with Crippen LogP contribution in [0, 0.1) is 0 Å². The molecule has 7 N–H and O–H groups in total. The number of benzene rings is 3. The molecule has 2 aliphatic heterocycles. The second-order valence-corrected chi connectivity index (χ2v) is 9.54. The number of fused-ring (bicyclic) bond motifs is 6. The van der Waals surface area contributed by atoms with Gasteiger partial charge in [0.05, 0.1) is 11.6 Å². The predicted octanol–water partition coefficient (Wildman–Crippen LogP) is 2.33. The van der Waals surface area contributed by atoms with Gasteiger partial charge >= 0.3 is 5.97 Å². The van der Waals surface area contributed by atoms with Crippen molar-refractivity contribution < 1.29 is 29.3 Å². The zero-order valence-corrected chi connectivity index (χ0v) is 21.6. The molecule has 1 atom stereocenters. The SMILES string of the molecule is NC(=O)[C@H](CS)NCCNC(=S)Nc1ccc2c(c1)C(=O)OC21c2ccc(O)cc2Oc2cc(O)ccc21. The lowest BCUT2D eigenvalue weighted by molar-refractivity contribution is -0.119. The number of esters is 1. The zero-order chi connectivity index (χ0) is 27.0. The number of amides is 1. The highest BCUT2D eigenvalue weighted by atomic mass is 32.1. The van der Waals surface area contributed by atoms with E-state index in [4.69, 9.17) is 27.4 Å².